The number of hydrogen-bond donors (Lipinski definition) is 1. The molecule has 19 heavy (non-hydrogen) atoms. The molecule has 2 heterocycles. The van der Waals surface area contributed by atoms with Gasteiger partial charge in [-0.15, -0.1) is 11.3 Å². The van der Waals surface area contributed by atoms with Crippen LogP contribution in [0.4, 0.5) is 0 Å². The van der Waals surface area contributed by atoms with Crippen LogP contribution in [0.2, 0.25) is 0 Å². The molecule has 1 aliphatic rings. The Hall–Kier alpha value is -0.370. The molecular weight excluding hydrogens is 295 g/mol. The van der Waals surface area contributed by atoms with E-state index in [1.807, 2.05) is 18.2 Å². The average molecular weight is 306 g/mol. The van der Waals surface area contributed by atoms with Gasteiger partial charge in [-0.25, -0.2) is 0 Å². The molecule has 1 aliphatic heterocycles. The van der Waals surface area contributed by atoms with E-state index in [9.17, 15) is 8.42 Å². The van der Waals surface area contributed by atoms with Gasteiger partial charge in [0.1, 0.15) is 9.96 Å². The normalized spacial score (nSPS) is 13.5. The molecule has 3 rings (SSSR count). The number of ether oxygens (including phenoxy) is 1. The molecule has 0 aliphatic carbocycles. The molecular formula is C12H11NaO4S2. The van der Waals surface area contributed by atoms with E-state index >= 15 is 0 Å². The van der Waals surface area contributed by atoms with Crippen LogP contribution in [0, 0.1) is 0 Å². The number of rotatable bonds is 2. The summed E-state index contributed by atoms with van der Waals surface area (Å²) < 4.78 is 36.4. The topological polar surface area (TPSA) is 63.6 Å². The Morgan fingerprint density at radius 2 is 2.00 bits per heavy atom. The predicted octanol–water partition coefficient (Wildman–Crippen LogP) is 1.95. The van der Waals surface area contributed by atoms with Gasteiger partial charge in [-0.1, -0.05) is 0 Å². The van der Waals surface area contributed by atoms with Gasteiger partial charge in [0, 0.05) is 11.3 Å². The quantitative estimate of drug-likeness (QED) is 0.680. The van der Waals surface area contributed by atoms with Gasteiger partial charge in [-0.3, -0.25) is 4.55 Å². The molecule has 0 atom stereocenters. The predicted molar refractivity (Wildman–Crippen MR) is 75.9 cm³/mol. The monoisotopic (exact) mass is 306 g/mol. The van der Waals surface area contributed by atoms with Crippen LogP contribution >= 0.6 is 11.3 Å². The van der Waals surface area contributed by atoms with Gasteiger partial charge in [-0.2, -0.15) is 8.42 Å². The summed E-state index contributed by atoms with van der Waals surface area (Å²) in [5.41, 5.74) is 2.08. The second-order valence-corrected chi connectivity index (χ2v) is 6.75. The summed E-state index contributed by atoms with van der Waals surface area (Å²) in [6.07, 6.45) is 0.875. The summed E-state index contributed by atoms with van der Waals surface area (Å²) in [4.78, 5) is 0.817. The van der Waals surface area contributed by atoms with Crippen molar-refractivity contribution < 1.29 is 17.7 Å². The molecule has 0 fully saturated rings. The zero-order valence-corrected chi connectivity index (χ0v) is 10.9. The van der Waals surface area contributed by atoms with Crippen molar-refractivity contribution in [1.29, 1.82) is 0 Å². The molecule has 0 radical (unpaired) electrons. The Labute approximate surface area is 137 Å². The Morgan fingerprint density at radius 1 is 1.21 bits per heavy atom. The molecule has 0 unspecified atom stereocenters. The minimum atomic E-state index is -4.11. The first-order chi connectivity index (χ1) is 8.54. The molecule has 1 aromatic heterocycles. The van der Waals surface area contributed by atoms with Crippen molar-refractivity contribution in [3.8, 4) is 16.2 Å². The third-order valence-electron chi connectivity index (χ3n) is 2.81. The van der Waals surface area contributed by atoms with E-state index in [0.717, 1.165) is 39.5 Å². The van der Waals surface area contributed by atoms with E-state index < -0.39 is 10.1 Å². The molecule has 4 nitrogen and oxygen atoms in total. The molecule has 0 spiro atoms. The number of benzene rings is 1. The minimum absolute atomic E-state index is 0. The van der Waals surface area contributed by atoms with Gasteiger partial charge in [0.25, 0.3) is 0 Å². The summed E-state index contributed by atoms with van der Waals surface area (Å²) in [5, 5.41) is 0. The Bertz CT molecular complexity index is 706. The van der Waals surface area contributed by atoms with Crippen LogP contribution < -0.4 is 4.74 Å². The number of fused-ring (bicyclic) bond motifs is 1. The molecule has 7 heteroatoms. The third-order valence-corrected chi connectivity index (χ3v) is 5.26. The van der Waals surface area contributed by atoms with Crippen molar-refractivity contribution in [1.82, 2.24) is 0 Å². The molecule has 0 bridgehead atoms. The Kier molecular flexibility index (Phi) is 4.39. The van der Waals surface area contributed by atoms with Crippen LogP contribution in [0.3, 0.4) is 0 Å². The average Bonchev–Trinajstić information content (AvgIpc) is 2.96. The van der Waals surface area contributed by atoms with Crippen molar-refractivity contribution >= 4 is 51.0 Å². The Balaban J connectivity index is 0.00000133. The van der Waals surface area contributed by atoms with Crippen molar-refractivity contribution in [3.05, 3.63) is 35.9 Å². The maximum absolute atomic E-state index is 11.0. The second kappa shape index (κ2) is 5.55. The zero-order valence-electron chi connectivity index (χ0n) is 9.29. The summed E-state index contributed by atoms with van der Waals surface area (Å²) >= 11 is 1.06. The van der Waals surface area contributed by atoms with E-state index in [2.05, 4.69) is 0 Å². The Morgan fingerprint density at radius 3 is 2.68 bits per heavy atom. The first-order valence-electron chi connectivity index (χ1n) is 5.37. The van der Waals surface area contributed by atoms with Gasteiger partial charge in [0.05, 0.1) is 6.61 Å². The molecule has 0 saturated carbocycles. The summed E-state index contributed by atoms with van der Waals surface area (Å²) in [6, 6.07) is 8.90. The van der Waals surface area contributed by atoms with Crippen LogP contribution in [0.25, 0.3) is 10.4 Å². The fourth-order valence-corrected chi connectivity index (χ4v) is 3.62. The zero-order chi connectivity index (χ0) is 12.8. The van der Waals surface area contributed by atoms with Crippen molar-refractivity contribution in [3.63, 3.8) is 0 Å². The van der Waals surface area contributed by atoms with E-state index in [1.165, 1.54) is 6.07 Å². The fraction of sp³-hybridized carbons (Fsp3) is 0.167. The first kappa shape index (κ1) is 15.0. The third kappa shape index (κ3) is 3.04. The van der Waals surface area contributed by atoms with E-state index in [-0.39, 0.29) is 33.8 Å². The molecule has 0 saturated heterocycles. The fourth-order valence-electron chi connectivity index (χ4n) is 1.95. The number of thiophene rings is 1. The van der Waals surface area contributed by atoms with Crippen LogP contribution in [0.1, 0.15) is 5.56 Å². The van der Waals surface area contributed by atoms with Gasteiger partial charge in [0.2, 0.25) is 0 Å². The van der Waals surface area contributed by atoms with E-state index in [1.54, 1.807) is 6.07 Å². The standard InChI is InChI=1S/C12H10O4S2.Na.H/c13-18(14,15)12-4-3-11(17-12)9-1-2-10-8(7-9)5-6-16-10;;/h1-4,7H,5-6H2,(H,13,14,15);;. The summed E-state index contributed by atoms with van der Waals surface area (Å²) in [6.45, 7) is 0.694. The van der Waals surface area contributed by atoms with E-state index in [4.69, 9.17) is 9.29 Å². The van der Waals surface area contributed by atoms with Gasteiger partial charge < -0.3 is 4.74 Å². The molecule has 96 valence electrons. The number of hydrogen-bond acceptors (Lipinski definition) is 4. The SMILES string of the molecule is O=S(=O)(O)c1ccc(-c2ccc3c(c2)CCO3)s1.[NaH]. The van der Waals surface area contributed by atoms with Crippen molar-refractivity contribution in [2.24, 2.45) is 0 Å². The van der Waals surface area contributed by atoms with Gasteiger partial charge in [-0.05, 0) is 41.5 Å². The van der Waals surface area contributed by atoms with Crippen LogP contribution in [0.5, 0.6) is 5.75 Å². The maximum atomic E-state index is 11.0. The first-order valence-corrected chi connectivity index (χ1v) is 7.63. The van der Waals surface area contributed by atoms with Crippen LogP contribution in [0.15, 0.2) is 34.5 Å². The molecule has 2 aromatic rings. The van der Waals surface area contributed by atoms with Crippen LogP contribution in [-0.2, 0) is 16.5 Å². The molecule has 1 N–H and O–H groups in total. The van der Waals surface area contributed by atoms with E-state index in [0.29, 0.717) is 6.61 Å². The van der Waals surface area contributed by atoms with Crippen molar-refractivity contribution in [2.45, 2.75) is 10.6 Å². The van der Waals surface area contributed by atoms with Crippen molar-refractivity contribution in [2.75, 3.05) is 6.61 Å². The van der Waals surface area contributed by atoms with Crippen LogP contribution in [-0.4, -0.2) is 49.1 Å². The van der Waals surface area contributed by atoms with Gasteiger partial charge >= 0.3 is 39.7 Å². The molecule has 0 amide bonds. The summed E-state index contributed by atoms with van der Waals surface area (Å²) in [5.74, 6) is 0.894. The van der Waals surface area contributed by atoms with Gasteiger partial charge in [0.15, 0.2) is 0 Å². The molecule has 1 aromatic carbocycles. The summed E-state index contributed by atoms with van der Waals surface area (Å²) in [7, 11) is -4.11. The second-order valence-electron chi connectivity index (χ2n) is 4.01.